The summed E-state index contributed by atoms with van der Waals surface area (Å²) in [6, 6.07) is 0. The fraction of sp³-hybridized carbons (Fsp3) is 1.00. The number of aliphatic hydroxyl groups excluding tert-OH is 1. The molecule has 0 aromatic rings. The summed E-state index contributed by atoms with van der Waals surface area (Å²) >= 11 is 0. The van der Waals surface area contributed by atoms with Gasteiger partial charge in [0.2, 0.25) is 0 Å². The van der Waals surface area contributed by atoms with Gasteiger partial charge in [-0.1, -0.05) is 33.1 Å². The highest BCUT2D eigenvalue weighted by Gasteiger charge is 2.52. The zero-order valence-corrected chi connectivity index (χ0v) is 11.9. The van der Waals surface area contributed by atoms with Crippen LogP contribution in [0, 0.1) is 0 Å². The van der Waals surface area contributed by atoms with E-state index < -0.39 is 5.60 Å². The molecule has 0 spiro atoms. The Morgan fingerprint density at radius 2 is 1.94 bits per heavy atom. The summed E-state index contributed by atoms with van der Waals surface area (Å²) < 4.78 is 12.3. The molecule has 2 rings (SSSR count). The Kier molecular flexibility index (Phi) is 5.05. The summed E-state index contributed by atoms with van der Waals surface area (Å²) in [5.41, 5.74) is -0.392. The standard InChI is InChI=1S/C15H28O3/c1-3-5-7-13-10-15(11-16)14(17-13)9-8-12(18-15)6-4-2/h12-14,16H,3-11H2,1-2H3/t12?,13-,14-,15?/m0/s1. The molecule has 0 amide bonds. The van der Waals surface area contributed by atoms with Crippen molar-refractivity contribution < 1.29 is 14.6 Å². The SMILES string of the molecule is CCCC[C@H]1CC2(CO)OC(CCC)CC[C@@H]2O1. The number of hydrogen-bond donors (Lipinski definition) is 1. The predicted molar refractivity (Wildman–Crippen MR) is 71.6 cm³/mol. The number of aliphatic hydroxyl groups is 1. The van der Waals surface area contributed by atoms with Crippen LogP contribution in [0.2, 0.25) is 0 Å². The molecule has 0 saturated carbocycles. The zero-order chi connectivity index (χ0) is 13.0. The van der Waals surface area contributed by atoms with Crippen molar-refractivity contribution in [2.24, 2.45) is 0 Å². The number of unbranched alkanes of at least 4 members (excludes halogenated alkanes) is 1. The van der Waals surface area contributed by atoms with E-state index in [2.05, 4.69) is 13.8 Å². The first-order valence-corrected chi connectivity index (χ1v) is 7.68. The smallest absolute Gasteiger partial charge is 0.120 e. The first-order chi connectivity index (χ1) is 8.74. The van der Waals surface area contributed by atoms with Gasteiger partial charge in [0, 0.05) is 6.42 Å². The maximum atomic E-state index is 9.78. The van der Waals surface area contributed by atoms with Crippen LogP contribution >= 0.6 is 0 Å². The summed E-state index contributed by atoms with van der Waals surface area (Å²) in [5, 5.41) is 9.78. The van der Waals surface area contributed by atoms with Gasteiger partial charge in [0.25, 0.3) is 0 Å². The van der Waals surface area contributed by atoms with Crippen molar-refractivity contribution in [3.8, 4) is 0 Å². The average molecular weight is 256 g/mol. The van der Waals surface area contributed by atoms with E-state index in [1.54, 1.807) is 0 Å². The lowest BCUT2D eigenvalue weighted by Crippen LogP contribution is -2.51. The third-order valence-corrected chi connectivity index (χ3v) is 4.43. The Bertz CT molecular complexity index is 256. The highest BCUT2D eigenvalue weighted by atomic mass is 16.6. The quantitative estimate of drug-likeness (QED) is 0.794. The Hall–Kier alpha value is -0.120. The maximum absolute atomic E-state index is 9.78. The Morgan fingerprint density at radius 3 is 2.61 bits per heavy atom. The molecule has 3 heteroatoms. The van der Waals surface area contributed by atoms with Crippen LogP contribution in [-0.2, 0) is 9.47 Å². The summed E-state index contributed by atoms with van der Waals surface area (Å²) in [6.45, 7) is 4.51. The second-order valence-electron chi connectivity index (χ2n) is 5.92. The second kappa shape index (κ2) is 6.36. The number of ether oxygens (including phenoxy) is 2. The minimum atomic E-state index is -0.392. The van der Waals surface area contributed by atoms with Crippen molar-refractivity contribution in [3.63, 3.8) is 0 Å². The number of rotatable bonds is 6. The summed E-state index contributed by atoms with van der Waals surface area (Å²) in [7, 11) is 0. The van der Waals surface area contributed by atoms with E-state index in [9.17, 15) is 5.11 Å². The van der Waals surface area contributed by atoms with Crippen LogP contribution in [0.15, 0.2) is 0 Å². The van der Waals surface area contributed by atoms with Gasteiger partial charge in [-0.2, -0.15) is 0 Å². The van der Waals surface area contributed by atoms with Gasteiger partial charge in [0.1, 0.15) is 5.60 Å². The van der Waals surface area contributed by atoms with Crippen molar-refractivity contribution >= 4 is 0 Å². The van der Waals surface area contributed by atoms with E-state index in [1.165, 1.54) is 12.8 Å². The Labute approximate surface area is 111 Å². The molecule has 0 bridgehead atoms. The van der Waals surface area contributed by atoms with Crippen LogP contribution in [-0.4, -0.2) is 35.6 Å². The van der Waals surface area contributed by atoms with E-state index in [1.807, 2.05) is 0 Å². The molecule has 2 unspecified atom stereocenters. The molecule has 2 saturated heterocycles. The molecule has 106 valence electrons. The Balaban J connectivity index is 1.96. The van der Waals surface area contributed by atoms with Crippen LogP contribution in [0.4, 0.5) is 0 Å². The molecule has 2 aliphatic heterocycles. The van der Waals surface area contributed by atoms with Gasteiger partial charge >= 0.3 is 0 Å². The zero-order valence-electron chi connectivity index (χ0n) is 11.9. The minimum absolute atomic E-state index is 0.112. The molecule has 0 aromatic carbocycles. The summed E-state index contributed by atoms with van der Waals surface area (Å²) in [6.07, 6.45) is 9.53. The van der Waals surface area contributed by atoms with Gasteiger partial charge in [-0.15, -0.1) is 0 Å². The van der Waals surface area contributed by atoms with E-state index >= 15 is 0 Å². The van der Waals surface area contributed by atoms with Crippen LogP contribution in [0.1, 0.15) is 65.2 Å². The van der Waals surface area contributed by atoms with Crippen LogP contribution in [0.3, 0.4) is 0 Å². The second-order valence-corrected chi connectivity index (χ2v) is 5.92. The summed E-state index contributed by atoms with van der Waals surface area (Å²) in [5.74, 6) is 0. The highest BCUT2D eigenvalue weighted by Crippen LogP contribution is 2.43. The molecule has 2 aliphatic rings. The van der Waals surface area contributed by atoms with E-state index in [0.717, 1.165) is 38.5 Å². The fourth-order valence-corrected chi connectivity index (χ4v) is 3.44. The van der Waals surface area contributed by atoms with E-state index in [-0.39, 0.29) is 12.7 Å². The molecule has 2 fully saturated rings. The van der Waals surface area contributed by atoms with Gasteiger partial charge in [-0.25, -0.2) is 0 Å². The average Bonchev–Trinajstić information content (AvgIpc) is 2.75. The fourth-order valence-electron chi connectivity index (χ4n) is 3.44. The predicted octanol–water partition coefficient (Wildman–Crippen LogP) is 3.04. The van der Waals surface area contributed by atoms with Crippen molar-refractivity contribution in [3.05, 3.63) is 0 Å². The molecule has 0 aromatic heterocycles. The van der Waals surface area contributed by atoms with E-state index in [0.29, 0.717) is 12.2 Å². The van der Waals surface area contributed by atoms with Crippen LogP contribution in [0.5, 0.6) is 0 Å². The number of hydrogen-bond acceptors (Lipinski definition) is 3. The molecular weight excluding hydrogens is 228 g/mol. The maximum Gasteiger partial charge on any atom is 0.120 e. The molecule has 18 heavy (non-hydrogen) atoms. The van der Waals surface area contributed by atoms with Crippen LogP contribution in [0.25, 0.3) is 0 Å². The molecule has 0 aliphatic carbocycles. The van der Waals surface area contributed by atoms with Crippen LogP contribution < -0.4 is 0 Å². The van der Waals surface area contributed by atoms with Gasteiger partial charge in [-0.05, 0) is 25.7 Å². The Morgan fingerprint density at radius 1 is 1.11 bits per heavy atom. The van der Waals surface area contributed by atoms with Gasteiger partial charge in [0.15, 0.2) is 0 Å². The van der Waals surface area contributed by atoms with Gasteiger partial charge in [-0.3, -0.25) is 0 Å². The van der Waals surface area contributed by atoms with E-state index in [4.69, 9.17) is 9.47 Å². The third-order valence-electron chi connectivity index (χ3n) is 4.43. The van der Waals surface area contributed by atoms with Gasteiger partial charge < -0.3 is 14.6 Å². The first kappa shape index (κ1) is 14.3. The monoisotopic (exact) mass is 256 g/mol. The molecule has 3 nitrogen and oxygen atoms in total. The molecule has 0 radical (unpaired) electrons. The molecule has 2 heterocycles. The lowest BCUT2D eigenvalue weighted by atomic mass is 9.86. The lowest BCUT2D eigenvalue weighted by molar-refractivity contribution is -0.183. The van der Waals surface area contributed by atoms with Crippen molar-refractivity contribution in [2.75, 3.05) is 6.61 Å². The first-order valence-electron chi connectivity index (χ1n) is 7.68. The summed E-state index contributed by atoms with van der Waals surface area (Å²) in [4.78, 5) is 0. The van der Waals surface area contributed by atoms with Gasteiger partial charge in [0.05, 0.1) is 24.9 Å². The van der Waals surface area contributed by atoms with Crippen molar-refractivity contribution in [1.29, 1.82) is 0 Å². The largest absolute Gasteiger partial charge is 0.393 e. The topological polar surface area (TPSA) is 38.7 Å². The van der Waals surface area contributed by atoms with Crippen molar-refractivity contribution in [2.45, 2.75) is 89.1 Å². The van der Waals surface area contributed by atoms with Crippen molar-refractivity contribution in [1.82, 2.24) is 0 Å². The molecular formula is C15H28O3. The molecule has 1 N–H and O–H groups in total. The lowest BCUT2D eigenvalue weighted by Gasteiger charge is -2.40. The number of fused-ring (bicyclic) bond motifs is 1. The molecule has 4 atom stereocenters. The minimum Gasteiger partial charge on any atom is -0.393 e. The third kappa shape index (κ3) is 2.89. The normalized spacial score (nSPS) is 39.8. The highest BCUT2D eigenvalue weighted by molar-refractivity contribution is 5.01.